The molecule has 0 aromatic heterocycles. The minimum atomic E-state index is -0.988. The van der Waals surface area contributed by atoms with Crippen LogP contribution >= 0.6 is 0 Å². The van der Waals surface area contributed by atoms with E-state index in [-0.39, 0.29) is 24.7 Å². The van der Waals surface area contributed by atoms with Crippen LogP contribution in [0.5, 0.6) is 17.2 Å². The summed E-state index contributed by atoms with van der Waals surface area (Å²) in [7, 11) is 0. The fourth-order valence-corrected chi connectivity index (χ4v) is 2.61. The van der Waals surface area contributed by atoms with Crippen molar-refractivity contribution < 1.29 is 28.9 Å². The maximum Gasteiger partial charge on any atom is 0.335 e. The van der Waals surface area contributed by atoms with Crippen LogP contribution in [0.2, 0.25) is 0 Å². The lowest BCUT2D eigenvalue weighted by molar-refractivity contribution is -0.121. The molecule has 0 atom stereocenters. The molecule has 1 aliphatic rings. The van der Waals surface area contributed by atoms with Crippen LogP contribution in [0.15, 0.2) is 42.5 Å². The van der Waals surface area contributed by atoms with Gasteiger partial charge in [-0.3, -0.25) is 4.79 Å². The molecule has 1 heterocycles. The van der Waals surface area contributed by atoms with E-state index in [0.29, 0.717) is 42.4 Å². The third-order valence-corrected chi connectivity index (χ3v) is 3.91. The lowest BCUT2D eigenvalue weighted by Gasteiger charge is -2.09. The van der Waals surface area contributed by atoms with Gasteiger partial charge in [-0.2, -0.15) is 0 Å². The zero-order valence-electron chi connectivity index (χ0n) is 14.1. The number of benzene rings is 2. The van der Waals surface area contributed by atoms with Crippen molar-refractivity contribution >= 4 is 11.9 Å². The Balaban J connectivity index is 1.39. The SMILES string of the molecule is O=C(CCc1ccccc1C(=O)O)NCCOc1ccc2c(c1)OCO2. The van der Waals surface area contributed by atoms with Crippen LogP contribution in [-0.4, -0.2) is 36.9 Å². The van der Waals surface area contributed by atoms with Crippen LogP contribution in [0.3, 0.4) is 0 Å². The Morgan fingerprint density at radius 3 is 2.77 bits per heavy atom. The van der Waals surface area contributed by atoms with Gasteiger partial charge < -0.3 is 24.6 Å². The summed E-state index contributed by atoms with van der Waals surface area (Å²) in [5.41, 5.74) is 0.873. The Morgan fingerprint density at radius 2 is 1.92 bits per heavy atom. The second kappa shape index (κ2) is 8.24. The predicted octanol–water partition coefficient (Wildman–Crippen LogP) is 2.24. The Kier molecular flexibility index (Phi) is 5.58. The van der Waals surface area contributed by atoms with E-state index in [1.54, 1.807) is 36.4 Å². The number of carboxylic acids is 1. The molecule has 0 fully saturated rings. The first-order valence-electron chi connectivity index (χ1n) is 8.24. The van der Waals surface area contributed by atoms with Gasteiger partial charge in [0, 0.05) is 12.5 Å². The van der Waals surface area contributed by atoms with E-state index in [9.17, 15) is 9.59 Å². The smallest absolute Gasteiger partial charge is 0.335 e. The van der Waals surface area contributed by atoms with E-state index in [1.807, 2.05) is 0 Å². The molecule has 0 saturated heterocycles. The second-order valence-electron chi connectivity index (χ2n) is 5.68. The van der Waals surface area contributed by atoms with Gasteiger partial charge in [0.05, 0.1) is 12.1 Å². The number of nitrogens with one attached hydrogen (secondary N) is 1. The Hall–Kier alpha value is -3.22. The van der Waals surface area contributed by atoms with Gasteiger partial charge in [-0.15, -0.1) is 0 Å². The number of carbonyl (C=O) groups is 2. The van der Waals surface area contributed by atoms with E-state index in [0.717, 1.165) is 0 Å². The van der Waals surface area contributed by atoms with Crippen LogP contribution < -0.4 is 19.5 Å². The number of hydrogen-bond acceptors (Lipinski definition) is 5. The molecule has 0 aliphatic carbocycles. The van der Waals surface area contributed by atoms with E-state index >= 15 is 0 Å². The van der Waals surface area contributed by atoms with Crippen LogP contribution in [-0.2, 0) is 11.2 Å². The lowest BCUT2D eigenvalue weighted by atomic mass is 10.0. The van der Waals surface area contributed by atoms with E-state index in [1.165, 1.54) is 6.07 Å². The predicted molar refractivity (Wildman–Crippen MR) is 92.8 cm³/mol. The zero-order chi connectivity index (χ0) is 18.4. The summed E-state index contributed by atoms with van der Waals surface area (Å²) < 4.78 is 16.1. The van der Waals surface area contributed by atoms with E-state index in [4.69, 9.17) is 19.3 Å². The van der Waals surface area contributed by atoms with Crippen molar-refractivity contribution in [1.82, 2.24) is 5.32 Å². The van der Waals surface area contributed by atoms with Crippen LogP contribution in [0.25, 0.3) is 0 Å². The molecular formula is C19H19NO6. The number of aryl methyl sites for hydroxylation is 1. The quantitative estimate of drug-likeness (QED) is 0.704. The topological polar surface area (TPSA) is 94.1 Å². The zero-order valence-corrected chi connectivity index (χ0v) is 14.1. The first-order valence-corrected chi connectivity index (χ1v) is 8.24. The number of fused-ring (bicyclic) bond motifs is 1. The molecule has 7 nitrogen and oxygen atoms in total. The third kappa shape index (κ3) is 4.44. The number of hydrogen-bond donors (Lipinski definition) is 2. The average Bonchev–Trinajstić information content (AvgIpc) is 3.11. The van der Waals surface area contributed by atoms with Gasteiger partial charge in [-0.25, -0.2) is 4.79 Å². The van der Waals surface area contributed by atoms with Crippen LogP contribution in [0.1, 0.15) is 22.3 Å². The summed E-state index contributed by atoms with van der Waals surface area (Å²) >= 11 is 0. The fraction of sp³-hybridized carbons (Fsp3) is 0.263. The molecule has 1 aliphatic heterocycles. The Bertz CT molecular complexity index is 804. The lowest BCUT2D eigenvalue weighted by Crippen LogP contribution is -2.28. The molecular weight excluding hydrogens is 338 g/mol. The molecule has 0 spiro atoms. The van der Waals surface area contributed by atoms with Gasteiger partial charge in [0.1, 0.15) is 12.4 Å². The average molecular weight is 357 g/mol. The van der Waals surface area contributed by atoms with E-state index in [2.05, 4.69) is 5.32 Å². The minimum absolute atomic E-state index is 0.153. The number of aromatic carboxylic acids is 1. The summed E-state index contributed by atoms with van der Waals surface area (Å²) in [4.78, 5) is 23.1. The van der Waals surface area contributed by atoms with Gasteiger partial charge >= 0.3 is 5.97 Å². The van der Waals surface area contributed by atoms with Crippen LogP contribution in [0, 0.1) is 0 Å². The van der Waals surface area contributed by atoms with Crippen molar-refractivity contribution in [3.05, 3.63) is 53.6 Å². The van der Waals surface area contributed by atoms with Crippen molar-refractivity contribution in [3.63, 3.8) is 0 Å². The molecule has 0 unspecified atom stereocenters. The summed E-state index contributed by atoms with van der Waals surface area (Å²) in [5.74, 6) is 0.826. The molecule has 7 heteroatoms. The van der Waals surface area contributed by atoms with Crippen molar-refractivity contribution in [1.29, 1.82) is 0 Å². The molecule has 0 saturated carbocycles. The highest BCUT2D eigenvalue weighted by molar-refractivity contribution is 5.89. The molecule has 2 aromatic carbocycles. The van der Waals surface area contributed by atoms with Gasteiger partial charge in [0.2, 0.25) is 12.7 Å². The molecule has 0 bridgehead atoms. The second-order valence-corrected chi connectivity index (χ2v) is 5.68. The normalized spacial score (nSPS) is 11.8. The van der Waals surface area contributed by atoms with Crippen molar-refractivity contribution in [3.8, 4) is 17.2 Å². The molecule has 2 N–H and O–H groups in total. The molecule has 1 amide bonds. The monoisotopic (exact) mass is 357 g/mol. The highest BCUT2D eigenvalue weighted by atomic mass is 16.7. The summed E-state index contributed by atoms with van der Waals surface area (Å²) in [5, 5.41) is 11.9. The van der Waals surface area contributed by atoms with Crippen molar-refractivity contribution in [2.45, 2.75) is 12.8 Å². The maximum atomic E-state index is 11.9. The van der Waals surface area contributed by atoms with Crippen molar-refractivity contribution in [2.24, 2.45) is 0 Å². The molecule has 3 rings (SSSR count). The Morgan fingerprint density at radius 1 is 1.12 bits per heavy atom. The maximum absolute atomic E-state index is 11.9. The summed E-state index contributed by atoms with van der Waals surface area (Å²) in [6.45, 7) is 0.880. The summed E-state index contributed by atoms with van der Waals surface area (Å²) in [6.07, 6.45) is 0.589. The molecule has 136 valence electrons. The first kappa shape index (κ1) is 17.6. The molecule has 0 radical (unpaired) electrons. The van der Waals surface area contributed by atoms with E-state index < -0.39 is 5.97 Å². The van der Waals surface area contributed by atoms with Gasteiger partial charge in [0.25, 0.3) is 0 Å². The van der Waals surface area contributed by atoms with Crippen LogP contribution in [0.4, 0.5) is 0 Å². The van der Waals surface area contributed by atoms with Gasteiger partial charge in [-0.05, 0) is 30.2 Å². The molecule has 26 heavy (non-hydrogen) atoms. The number of rotatable bonds is 8. The first-order chi connectivity index (χ1) is 12.6. The minimum Gasteiger partial charge on any atom is -0.492 e. The highest BCUT2D eigenvalue weighted by Crippen LogP contribution is 2.34. The fourth-order valence-electron chi connectivity index (χ4n) is 2.61. The number of carbonyl (C=O) groups excluding carboxylic acids is 1. The largest absolute Gasteiger partial charge is 0.492 e. The number of carboxylic acid groups (broad SMARTS) is 1. The third-order valence-electron chi connectivity index (χ3n) is 3.91. The van der Waals surface area contributed by atoms with Gasteiger partial charge in [0.15, 0.2) is 11.5 Å². The standard InChI is InChI=1S/C19H19NO6/c21-18(8-5-13-3-1-2-4-15(13)19(22)23)20-9-10-24-14-6-7-16-17(11-14)26-12-25-16/h1-4,6-7,11H,5,8-10,12H2,(H,20,21)(H,22,23). The number of amides is 1. The van der Waals surface area contributed by atoms with Crippen molar-refractivity contribution in [2.75, 3.05) is 19.9 Å². The number of ether oxygens (including phenoxy) is 3. The molecule has 2 aromatic rings. The van der Waals surface area contributed by atoms with Gasteiger partial charge in [-0.1, -0.05) is 18.2 Å². The highest BCUT2D eigenvalue weighted by Gasteiger charge is 2.14. The summed E-state index contributed by atoms with van der Waals surface area (Å²) in [6, 6.07) is 12.0. The Labute approximate surface area is 150 Å².